The predicted molar refractivity (Wildman–Crippen MR) is 118 cm³/mol. The Bertz CT molecular complexity index is 1040. The molecule has 0 aromatic heterocycles. The van der Waals surface area contributed by atoms with Gasteiger partial charge in [0, 0.05) is 17.2 Å². The van der Waals surface area contributed by atoms with Crippen molar-refractivity contribution >= 4 is 29.2 Å². The Morgan fingerprint density at radius 1 is 1.07 bits per heavy atom. The van der Waals surface area contributed by atoms with Gasteiger partial charge in [-0.1, -0.05) is 29.8 Å². The number of ether oxygens (including phenoxy) is 2. The number of hydrogen-bond acceptors (Lipinski definition) is 6. The van der Waals surface area contributed by atoms with Crippen LogP contribution in [0.4, 0.5) is 11.4 Å². The second kappa shape index (κ2) is 10.3. The lowest BCUT2D eigenvalue weighted by molar-refractivity contribution is -0.384. The molecule has 0 aliphatic rings. The minimum absolute atomic E-state index is 0.00368. The van der Waals surface area contributed by atoms with E-state index in [1.165, 1.54) is 12.1 Å². The summed E-state index contributed by atoms with van der Waals surface area (Å²) in [6.07, 6.45) is 1.60. The summed E-state index contributed by atoms with van der Waals surface area (Å²) in [5.41, 5.74) is 5.09. The van der Waals surface area contributed by atoms with E-state index in [4.69, 9.17) is 21.1 Å². The van der Waals surface area contributed by atoms with Gasteiger partial charge in [-0.2, -0.15) is 5.10 Å². The zero-order chi connectivity index (χ0) is 21.3. The summed E-state index contributed by atoms with van der Waals surface area (Å²) >= 11 is 5.91. The Balaban J connectivity index is 1.67. The maximum Gasteiger partial charge on any atom is 0.271 e. The number of nitrogens with one attached hydrogen (secondary N) is 1. The number of nitrogens with zero attached hydrogens (tertiary/aromatic N) is 2. The number of hydrogen-bond donors (Lipinski definition) is 1. The second-order valence-corrected chi connectivity index (χ2v) is 6.67. The van der Waals surface area contributed by atoms with Crippen LogP contribution in [-0.2, 0) is 6.61 Å². The van der Waals surface area contributed by atoms with Crippen LogP contribution in [0.2, 0.25) is 5.02 Å². The Kier molecular flexibility index (Phi) is 7.24. The molecular formula is C22H20ClN3O4. The van der Waals surface area contributed by atoms with Gasteiger partial charge in [0.05, 0.1) is 23.4 Å². The lowest BCUT2D eigenvalue weighted by atomic mass is 10.2. The summed E-state index contributed by atoms with van der Waals surface area (Å²) in [7, 11) is 0. The van der Waals surface area contributed by atoms with Crippen molar-refractivity contribution in [2.45, 2.75) is 13.5 Å². The summed E-state index contributed by atoms with van der Waals surface area (Å²) in [5, 5.41) is 15.7. The number of rotatable bonds is 9. The monoisotopic (exact) mass is 425 g/mol. The van der Waals surface area contributed by atoms with E-state index < -0.39 is 4.92 Å². The van der Waals surface area contributed by atoms with Crippen molar-refractivity contribution in [3.05, 3.63) is 93.0 Å². The van der Waals surface area contributed by atoms with Crippen molar-refractivity contribution in [2.24, 2.45) is 5.10 Å². The van der Waals surface area contributed by atoms with Crippen LogP contribution in [0.3, 0.4) is 0 Å². The number of non-ortho nitro benzene ring substituents is 1. The van der Waals surface area contributed by atoms with Gasteiger partial charge >= 0.3 is 0 Å². The quantitative estimate of drug-likeness (QED) is 0.271. The topological polar surface area (TPSA) is 86.0 Å². The highest BCUT2D eigenvalue weighted by atomic mass is 35.5. The first-order chi connectivity index (χ1) is 14.5. The van der Waals surface area contributed by atoms with Gasteiger partial charge in [0.15, 0.2) is 11.5 Å². The average Bonchev–Trinajstić information content (AvgIpc) is 2.75. The van der Waals surface area contributed by atoms with E-state index in [-0.39, 0.29) is 5.69 Å². The zero-order valence-electron chi connectivity index (χ0n) is 16.2. The molecule has 1 N–H and O–H groups in total. The van der Waals surface area contributed by atoms with Gasteiger partial charge in [-0.05, 0) is 54.4 Å². The summed E-state index contributed by atoms with van der Waals surface area (Å²) in [4.78, 5) is 10.4. The van der Waals surface area contributed by atoms with E-state index in [1.807, 2.05) is 49.4 Å². The third kappa shape index (κ3) is 5.96. The molecule has 0 saturated heterocycles. The number of anilines is 1. The van der Waals surface area contributed by atoms with Crippen LogP contribution in [0.5, 0.6) is 11.5 Å². The molecule has 0 bridgehead atoms. The normalized spacial score (nSPS) is 10.7. The Morgan fingerprint density at radius 2 is 1.87 bits per heavy atom. The minimum Gasteiger partial charge on any atom is -0.490 e. The number of benzene rings is 3. The van der Waals surface area contributed by atoms with Crippen LogP contribution < -0.4 is 14.9 Å². The standard InChI is InChI=1S/C22H20ClN3O4/c1-2-29-22-12-17(14-24-25-19-4-3-5-20(13-19)26(27)28)8-11-21(22)30-15-16-6-9-18(23)10-7-16/h3-14,25H,2,15H2,1H3. The molecule has 3 rings (SSSR count). The van der Waals surface area contributed by atoms with E-state index in [0.717, 1.165) is 11.1 Å². The van der Waals surface area contributed by atoms with Crippen LogP contribution in [0.1, 0.15) is 18.1 Å². The van der Waals surface area contributed by atoms with Crippen LogP contribution in [0.15, 0.2) is 71.8 Å². The highest BCUT2D eigenvalue weighted by Gasteiger charge is 2.07. The van der Waals surface area contributed by atoms with E-state index in [9.17, 15) is 10.1 Å². The number of hydrazone groups is 1. The third-order valence-corrected chi connectivity index (χ3v) is 4.29. The molecule has 0 amide bonds. The predicted octanol–water partition coefficient (Wildman–Crippen LogP) is 5.67. The van der Waals surface area contributed by atoms with Crippen molar-refractivity contribution in [1.82, 2.24) is 0 Å². The van der Waals surface area contributed by atoms with Crippen molar-refractivity contribution in [2.75, 3.05) is 12.0 Å². The van der Waals surface area contributed by atoms with Gasteiger partial charge < -0.3 is 9.47 Å². The lowest BCUT2D eigenvalue weighted by Crippen LogP contribution is -2.00. The number of nitro groups is 1. The van der Waals surface area contributed by atoms with Gasteiger partial charge in [0.1, 0.15) is 6.61 Å². The van der Waals surface area contributed by atoms with Gasteiger partial charge in [-0.3, -0.25) is 15.5 Å². The molecule has 3 aromatic rings. The molecule has 0 aliphatic heterocycles. The fourth-order valence-electron chi connectivity index (χ4n) is 2.60. The van der Waals surface area contributed by atoms with Crippen molar-refractivity contribution in [1.29, 1.82) is 0 Å². The summed E-state index contributed by atoms with van der Waals surface area (Å²) in [6.45, 7) is 2.77. The van der Waals surface area contributed by atoms with Crippen molar-refractivity contribution in [3.8, 4) is 11.5 Å². The fraction of sp³-hybridized carbons (Fsp3) is 0.136. The van der Waals surface area contributed by atoms with E-state index in [1.54, 1.807) is 18.3 Å². The van der Waals surface area contributed by atoms with Gasteiger partial charge in [0.2, 0.25) is 0 Å². The van der Waals surface area contributed by atoms with Crippen LogP contribution in [0, 0.1) is 10.1 Å². The SMILES string of the molecule is CCOc1cc(C=NNc2cccc([N+](=O)[O-])c2)ccc1OCc1ccc(Cl)cc1. The summed E-state index contributed by atoms with van der Waals surface area (Å²) in [6, 6.07) is 19.1. The molecule has 0 spiro atoms. The van der Waals surface area contributed by atoms with Crippen LogP contribution in [-0.4, -0.2) is 17.7 Å². The summed E-state index contributed by atoms with van der Waals surface area (Å²) < 4.78 is 11.6. The highest BCUT2D eigenvalue weighted by molar-refractivity contribution is 6.30. The molecule has 0 radical (unpaired) electrons. The van der Waals surface area contributed by atoms with Crippen LogP contribution in [0.25, 0.3) is 0 Å². The van der Waals surface area contributed by atoms with E-state index >= 15 is 0 Å². The molecular weight excluding hydrogens is 406 g/mol. The van der Waals surface area contributed by atoms with Gasteiger partial charge in [-0.25, -0.2) is 0 Å². The number of nitro benzene ring substituents is 1. The Labute approximate surface area is 179 Å². The molecule has 30 heavy (non-hydrogen) atoms. The molecule has 3 aromatic carbocycles. The van der Waals surface area contributed by atoms with E-state index in [0.29, 0.717) is 35.4 Å². The minimum atomic E-state index is -0.452. The first-order valence-corrected chi connectivity index (χ1v) is 9.60. The zero-order valence-corrected chi connectivity index (χ0v) is 17.0. The highest BCUT2D eigenvalue weighted by Crippen LogP contribution is 2.29. The molecule has 8 heteroatoms. The number of halogens is 1. The Morgan fingerprint density at radius 3 is 2.60 bits per heavy atom. The van der Waals surface area contributed by atoms with Gasteiger partial charge in [0.25, 0.3) is 5.69 Å². The van der Waals surface area contributed by atoms with Crippen molar-refractivity contribution in [3.63, 3.8) is 0 Å². The maximum absolute atomic E-state index is 10.8. The molecule has 0 saturated carbocycles. The molecule has 0 aliphatic carbocycles. The summed E-state index contributed by atoms with van der Waals surface area (Å²) in [5.74, 6) is 1.22. The Hall–Kier alpha value is -3.58. The second-order valence-electron chi connectivity index (χ2n) is 6.23. The van der Waals surface area contributed by atoms with Crippen LogP contribution >= 0.6 is 11.6 Å². The molecule has 0 atom stereocenters. The first-order valence-electron chi connectivity index (χ1n) is 9.23. The molecule has 154 valence electrons. The maximum atomic E-state index is 10.8. The molecule has 7 nitrogen and oxygen atoms in total. The lowest BCUT2D eigenvalue weighted by Gasteiger charge is -2.12. The smallest absolute Gasteiger partial charge is 0.271 e. The largest absolute Gasteiger partial charge is 0.490 e. The van der Waals surface area contributed by atoms with E-state index in [2.05, 4.69) is 10.5 Å². The van der Waals surface area contributed by atoms with Gasteiger partial charge in [-0.15, -0.1) is 0 Å². The van der Waals surface area contributed by atoms with Crippen molar-refractivity contribution < 1.29 is 14.4 Å². The molecule has 0 fully saturated rings. The first kappa shape index (κ1) is 21.1. The third-order valence-electron chi connectivity index (χ3n) is 4.04. The fourth-order valence-corrected chi connectivity index (χ4v) is 2.73. The molecule has 0 heterocycles. The average molecular weight is 426 g/mol. The molecule has 0 unspecified atom stereocenters.